The van der Waals surface area contributed by atoms with E-state index in [1.807, 2.05) is 25.1 Å². The Kier molecular flexibility index (Phi) is 3.99. The first-order valence-electron chi connectivity index (χ1n) is 5.54. The van der Waals surface area contributed by atoms with Crippen molar-refractivity contribution in [3.8, 4) is 5.75 Å². The highest BCUT2D eigenvalue weighted by Crippen LogP contribution is 2.23. The third kappa shape index (κ3) is 2.71. The van der Waals surface area contributed by atoms with Crippen LogP contribution in [-0.2, 0) is 4.74 Å². The molecule has 0 unspecified atom stereocenters. The Balaban J connectivity index is 2.51. The minimum atomic E-state index is 0.201. The molecule has 0 aliphatic rings. The van der Waals surface area contributed by atoms with Gasteiger partial charge in [-0.15, -0.1) is 0 Å². The molecule has 2 aromatic rings. The van der Waals surface area contributed by atoms with E-state index in [-0.39, 0.29) is 5.28 Å². The van der Waals surface area contributed by atoms with Gasteiger partial charge in [-0.1, -0.05) is 0 Å². The standard InChI is InChI=1S/C13H13ClN2O2/c1-3-18-7-6-11-10-5-4-9(17-2)8-12(10)16-13(14)15-11/h4-8H,3H2,1-2H3. The maximum atomic E-state index is 5.89. The molecule has 0 N–H and O–H groups in total. The van der Waals surface area contributed by atoms with Gasteiger partial charge < -0.3 is 9.47 Å². The van der Waals surface area contributed by atoms with Gasteiger partial charge in [0.05, 0.1) is 31.2 Å². The summed E-state index contributed by atoms with van der Waals surface area (Å²) in [4.78, 5) is 8.35. The molecule has 1 aromatic heterocycles. The summed E-state index contributed by atoms with van der Waals surface area (Å²) in [7, 11) is 1.61. The molecule has 94 valence electrons. The Morgan fingerprint density at radius 3 is 2.89 bits per heavy atom. The molecule has 1 aromatic carbocycles. The van der Waals surface area contributed by atoms with Crippen molar-refractivity contribution in [3.05, 3.63) is 35.4 Å². The summed E-state index contributed by atoms with van der Waals surface area (Å²) in [6.07, 6.45) is 3.37. The summed E-state index contributed by atoms with van der Waals surface area (Å²) in [5.74, 6) is 0.733. The number of rotatable bonds is 4. The molecule has 0 fully saturated rings. The molecule has 0 saturated heterocycles. The molecule has 0 aliphatic heterocycles. The van der Waals surface area contributed by atoms with Gasteiger partial charge in [-0.05, 0) is 36.7 Å². The lowest BCUT2D eigenvalue weighted by atomic mass is 10.2. The summed E-state index contributed by atoms with van der Waals surface area (Å²) in [6, 6.07) is 5.58. The lowest BCUT2D eigenvalue weighted by Gasteiger charge is -2.04. The number of benzene rings is 1. The third-order valence-electron chi connectivity index (χ3n) is 2.40. The maximum Gasteiger partial charge on any atom is 0.223 e. The maximum absolute atomic E-state index is 5.89. The molecule has 4 nitrogen and oxygen atoms in total. The van der Waals surface area contributed by atoms with Crippen LogP contribution in [0.4, 0.5) is 0 Å². The molecule has 0 radical (unpaired) electrons. The van der Waals surface area contributed by atoms with E-state index in [9.17, 15) is 0 Å². The van der Waals surface area contributed by atoms with E-state index in [0.717, 1.165) is 22.3 Å². The minimum absolute atomic E-state index is 0.201. The fraction of sp³-hybridized carbons (Fsp3) is 0.231. The largest absolute Gasteiger partial charge is 0.501 e. The minimum Gasteiger partial charge on any atom is -0.501 e. The van der Waals surface area contributed by atoms with E-state index in [1.165, 1.54) is 0 Å². The highest BCUT2D eigenvalue weighted by Gasteiger charge is 2.05. The zero-order valence-corrected chi connectivity index (χ0v) is 10.9. The van der Waals surface area contributed by atoms with Crippen LogP contribution >= 0.6 is 11.6 Å². The zero-order valence-electron chi connectivity index (χ0n) is 10.2. The van der Waals surface area contributed by atoms with Crippen molar-refractivity contribution in [3.63, 3.8) is 0 Å². The molecule has 0 spiro atoms. The Morgan fingerprint density at radius 2 is 2.17 bits per heavy atom. The van der Waals surface area contributed by atoms with Crippen LogP contribution in [0, 0.1) is 0 Å². The van der Waals surface area contributed by atoms with Crippen LogP contribution in [0.1, 0.15) is 12.6 Å². The summed E-state index contributed by atoms with van der Waals surface area (Å²) in [6.45, 7) is 2.53. The van der Waals surface area contributed by atoms with Crippen LogP contribution < -0.4 is 4.74 Å². The normalized spacial score (nSPS) is 11.1. The number of hydrogen-bond acceptors (Lipinski definition) is 4. The van der Waals surface area contributed by atoms with Gasteiger partial charge >= 0.3 is 0 Å². The average Bonchev–Trinajstić information content (AvgIpc) is 2.38. The van der Waals surface area contributed by atoms with E-state index < -0.39 is 0 Å². The molecule has 0 aliphatic carbocycles. The SMILES string of the molecule is CCOC=Cc1nc(Cl)nc2cc(OC)ccc12. The first kappa shape index (κ1) is 12.6. The van der Waals surface area contributed by atoms with Gasteiger partial charge in [0.2, 0.25) is 5.28 Å². The van der Waals surface area contributed by atoms with Crippen LogP contribution in [0.25, 0.3) is 17.0 Å². The second kappa shape index (κ2) is 5.69. The van der Waals surface area contributed by atoms with Crippen LogP contribution in [-0.4, -0.2) is 23.7 Å². The van der Waals surface area contributed by atoms with Crippen LogP contribution in [0.2, 0.25) is 5.28 Å². The number of aromatic nitrogens is 2. The van der Waals surface area contributed by atoms with Gasteiger partial charge in [0.25, 0.3) is 0 Å². The molecule has 5 heteroatoms. The van der Waals surface area contributed by atoms with Crippen molar-refractivity contribution < 1.29 is 9.47 Å². The van der Waals surface area contributed by atoms with Crippen LogP contribution in [0.15, 0.2) is 24.5 Å². The number of hydrogen-bond donors (Lipinski definition) is 0. The lowest BCUT2D eigenvalue weighted by molar-refractivity contribution is 0.272. The average molecular weight is 265 g/mol. The predicted molar refractivity (Wildman–Crippen MR) is 71.8 cm³/mol. The number of ether oxygens (including phenoxy) is 2. The first-order chi connectivity index (χ1) is 8.74. The van der Waals surface area contributed by atoms with Crippen molar-refractivity contribution in [1.82, 2.24) is 9.97 Å². The van der Waals surface area contributed by atoms with Crippen LogP contribution in [0.5, 0.6) is 5.75 Å². The molecular weight excluding hydrogens is 252 g/mol. The smallest absolute Gasteiger partial charge is 0.223 e. The van der Waals surface area contributed by atoms with Crippen molar-refractivity contribution >= 4 is 28.6 Å². The quantitative estimate of drug-likeness (QED) is 0.628. The van der Waals surface area contributed by atoms with Crippen molar-refractivity contribution in [2.75, 3.05) is 13.7 Å². The number of methoxy groups -OCH3 is 1. The molecule has 0 amide bonds. The van der Waals surface area contributed by atoms with Gasteiger partial charge in [0.15, 0.2) is 0 Å². The van der Waals surface area contributed by atoms with Crippen molar-refractivity contribution in [2.24, 2.45) is 0 Å². The van der Waals surface area contributed by atoms with Gasteiger partial charge in [-0.3, -0.25) is 0 Å². The number of fused-ring (bicyclic) bond motifs is 1. The topological polar surface area (TPSA) is 44.2 Å². The highest BCUT2D eigenvalue weighted by atomic mass is 35.5. The van der Waals surface area contributed by atoms with E-state index >= 15 is 0 Å². The molecule has 1 heterocycles. The van der Waals surface area contributed by atoms with Crippen molar-refractivity contribution in [2.45, 2.75) is 6.92 Å². The summed E-state index contributed by atoms with van der Waals surface area (Å²) < 4.78 is 10.3. The summed E-state index contributed by atoms with van der Waals surface area (Å²) in [5, 5.41) is 1.10. The number of nitrogens with zero attached hydrogens (tertiary/aromatic N) is 2. The van der Waals surface area contributed by atoms with E-state index in [2.05, 4.69) is 9.97 Å². The number of halogens is 1. The fourth-order valence-electron chi connectivity index (χ4n) is 1.57. The van der Waals surface area contributed by atoms with Gasteiger partial charge in [0.1, 0.15) is 5.75 Å². The zero-order chi connectivity index (χ0) is 13.0. The monoisotopic (exact) mass is 264 g/mol. The Hall–Kier alpha value is -1.81. The Labute approximate surface area is 110 Å². The van der Waals surface area contributed by atoms with E-state index in [1.54, 1.807) is 19.4 Å². The molecule has 18 heavy (non-hydrogen) atoms. The summed E-state index contributed by atoms with van der Waals surface area (Å²) >= 11 is 5.89. The van der Waals surface area contributed by atoms with Crippen LogP contribution in [0.3, 0.4) is 0 Å². The lowest BCUT2D eigenvalue weighted by Crippen LogP contribution is -1.92. The molecule has 2 rings (SSSR count). The Morgan fingerprint density at radius 1 is 1.33 bits per heavy atom. The van der Waals surface area contributed by atoms with Gasteiger partial charge in [-0.25, -0.2) is 9.97 Å². The molecule has 0 bridgehead atoms. The third-order valence-corrected chi connectivity index (χ3v) is 2.56. The second-order valence-electron chi connectivity index (χ2n) is 3.52. The molecule has 0 atom stereocenters. The van der Waals surface area contributed by atoms with Gasteiger partial charge in [-0.2, -0.15) is 0 Å². The molecule has 0 saturated carbocycles. The fourth-order valence-corrected chi connectivity index (χ4v) is 1.75. The summed E-state index contributed by atoms with van der Waals surface area (Å²) in [5.41, 5.74) is 1.46. The Bertz CT molecular complexity index is 584. The predicted octanol–water partition coefficient (Wildman–Crippen LogP) is 3.30. The highest BCUT2D eigenvalue weighted by molar-refractivity contribution is 6.28. The second-order valence-corrected chi connectivity index (χ2v) is 3.86. The van der Waals surface area contributed by atoms with Gasteiger partial charge in [0, 0.05) is 11.5 Å². The molecular formula is C13H13ClN2O2. The van der Waals surface area contributed by atoms with E-state index in [4.69, 9.17) is 21.1 Å². The van der Waals surface area contributed by atoms with E-state index in [0.29, 0.717) is 6.61 Å². The van der Waals surface area contributed by atoms with Crippen molar-refractivity contribution in [1.29, 1.82) is 0 Å². The first-order valence-corrected chi connectivity index (χ1v) is 5.92.